The molecule has 3 nitrogen and oxygen atoms in total. The highest BCUT2D eigenvalue weighted by molar-refractivity contribution is 6.02. The molecule has 0 bridgehead atoms. The molecule has 0 atom stereocenters. The van der Waals surface area contributed by atoms with Gasteiger partial charge in [-0.05, 0) is 59.4 Å². The number of hydrogen-bond acceptors (Lipinski definition) is 3. The summed E-state index contributed by atoms with van der Waals surface area (Å²) in [5, 5.41) is 0. The van der Waals surface area contributed by atoms with Gasteiger partial charge < -0.3 is 9.47 Å². The first kappa shape index (κ1) is 20.0. The summed E-state index contributed by atoms with van der Waals surface area (Å²) in [5.74, 6) is 0.0348. The second-order valence-corrected chi connectivity index (χ2v) is 7.23. The largest absolute Gasteiger partial charge is 0.573 e. The number of ketones is 1. The van der Waals surface area contributed by atoms with E-state index < -0.39 is 6.36 Å². The molecule has 0 amide bonds. The second kappa shape index (κ2) is 7.86. The third kappa shape index (κ3) is 4.17. The zero-order chi connectivity index (χ0) is 21.3. The second-order valence-electron chi connectivity index (χ2n) is 7.23. The molecule has 0 saturated carbocycles. The molecule has 4 rings (SSSR count). The van der Waals surface area contributed by atoms with Crippen molar-refractivity contribution >= 4 is 5.78 Å². The lowest BCUT2D eigenvalue weighted by Crippen LogP contribution is -2.17. The summed E-state index contributed by atoms with van der Waals surface area (Å²) in [7, 11) is 1.51. The van der Waals surface area contributed by atoms with Gasteiger partial charge >= 0.3 is 6.36 Å². The molecule has 0 radical (unpaired) electrons. The first-order valence-corrected chi connectivity index (χ1v) is 9.49. The van der Waals surface area contributed by atoms with Gasteiger partial charge in [-0.1, -0.05) is 42.5 Å². The first-order valence-electron chi connectivity index (χ1n) is 9.49. The van der Waals surface area contributed by atoms with E-state index in [1.54, 1.807) is 18.2 Å². The van der Waals surface area contributed by atoms with Crippen LogP contribution in [0.5, 0.6) is 11.5 Å². The van der Waals surface area contributed by atoms with E-state index >= 15 is 0 Å². The molecule has 0 aliphatic heterocycles. The van der Waals surface area contributed by atoms with Crippen LogP contribution < -0.4 is 9.47 Å². The fourth-order valence-electron chi connectivity index (χ4n) is 3.89. The SMILES string of the molecule is COc1ccc(-c2ccc(OC(F)(F)F)cc2)cc1C(=O)C1Cc2ccccc2C1. The van der Waals surface area contributed by atoms with Crippen molar-refractivity contribution in [3.8, 4) is 22.6 Å². The fraction of sp³-hybridized carbons (Fsp3) is 0.208. The van der Waals surface area contributed by atoms with E-state index in [1.165, 1.54) is 42.5 Å². The summed E-state index contributed by atoms with van der Waals surface area (Å²) >= 11 is 0. The molecule has 0 unspecified atom stereocenters. The van der Waals surface area contributed by atoms with Gasteiger partial charge in [0.05, 0.1) is 12.7 Å². The predicted molar refractivity (Wildman–Crippen MR) is 107 cm³/mol. The molecular formula is C24H19F3O3. The quantitative estimate of drug-likeness (QED) is 0.493. The number of alkyl halides is 3. The van der Waals surface area contributed by atoms with Crippen LogP contribution in [0.4, 0.5) is 13.2 Å². The van der Waals surface area contributed by atoms with Gasteiger partial charge in [-0.2, -0.15) is 0 Å². The van der Waals surface area contributed by atoms with Crippen LogP contribution in [0.2, 0.25) is 0 Å². The molecular weight excluding hydrogens is 393 g/mol. The van der Waals surface area contributed by atoms with Gasteiger partial charge in [0.2, 0.25) is 0 Å². The molecule has 0 spiro atoms. The topological polar surface area (TPSA) is 35.5 Å². The number of benzene rings is 3. The number of Topliss-reactive ketones (excluding diaryl/α,β-unsaturated/α-hetero) is 1. The van der Waals surface area contributed by atoms with Crippen LogP contribution >= 0.6 is 0 Å². The number of hydrogen-bond donors (Lipinski definition) is 0. The van der Waals surface area contributed by atoms with E-state index in [1.807, 2.05) is 24.3 Å². The Morgan fingerprint density at radius 1 is 0.900 bits per heavy atom. The molecule has 0 aromatic heterocycles. The number of halogens is 3. The van der Waals surface area contributed by atoms with Crippen molar-refractivity contribution < 1.29 is 27.4 Å². The van der Waals surface area contributed by atoms with Crippen LogP contribution in [-0.4, -0.2) is 19.3 Å². The third-order valence-corrected chi connectivity index (χ3v) is 5.31. The Hall–Kier alpha value is -3.28. The van der Waals surface area contributed by atoms with Crippen LogP contribution in [0, 0.1) is 5.92 Å². The summed E-state index contributed by atoms with van der Waals surface area (Å²) in [5.41, 5.74) is 4.24. The summed E-state index contributed by atoms with van der Waals surface area (Å²) in [6.45, 7) is 0. The van der Waals surface area contributed by atoms with E-state index in [2.05, 4.69) is 4.74 Å². The molecule has 0 heterocycles. The van der Waals surface area contributed by atoms with Gasteiger partial charge in [0.15, 0.2) is 5.78 Å². The maximum atomic E-state index is 13.3. The smallest absolute Gasteiger partial charge is 0.496 e. The van der Waals surface area contributed by atoms with E-state index in [9.17, 15) is 18.0 Å². The number of rotatable bonds is 5. The average Bonchev–Trinajstić information content (AvgIpc) is 3.16. The van der Waals surface area contributed by atoms with Crippen molar-refractivity contribution in [1.29, 1.82) is 0 Å². The van der Waals surface area contributed by atoms with Gasteiger partial charge in [0.25, 0.3) is 0 Å². The van der Waals surface area contributed by atoms with E-state index in [0.717, 1.165) is 0 Å². The van der Waals surface area contributed by atoms with Crippen molar-refractivity contribution in [2.75, 3.05) is 7.11 Å². The lowest BCUT2D eigenvalue weighted by atomic mass is 9.92. The van der Waals surface area contributed by atoms with Gasteiger partial charge in [-0.3, -0.25) is 4.79 Å². The maximum Gasteiger partial charge on any atom is 0.573 e. The van der Waals surface area contributed by atoms with Crippen molar-refractivity contribution in [2.24, 2.45) is 5.92 Å². The molecule has 0 fully saturated rings. The highest BCUT2D eigenvalue weighted by atomic mass is 19.4. The van der Waals surface area contributed by atoms with E-state index in [0.29, 0.717) is 35.3 Å². The van der Waals surface area contributed by atoms with Gasteiger partial charge in [-0.25, -0.2) is 0 Å². The van der Waals surface area contributed by atoms with Crippen LogP contribution in [-0.2, 0) is 12.8 Å². The van der Waals surface area contributed by atoms with Gasteiger partial charge in [0, 0.05) is 5.92 Å². The molecule has 3 aromatic rings. The zero-order valence-corrected chi connectivity index (χ0v) is 16.2. The lowest BCUT2D eigenvalue weighted by molar-refractivity contribution is -0.274. The van der Waals surface area contributed by atoms with Gasteiger partial charge in [-0.15, -0.1) is 13.2 Å². The summed E-state index contributed by atoms with van der Waals surface area (Å²) in [4.78, 5) is 13.3. The average molecular weight is 412 g/mol. The Balaban J connectivity index is 1.60. The first-order chi connectivity index (χ1) is 14.3. The number of fused-ring (bicyclic) bond motifs is 1. The third-order valence-electron chi connectivity index (χ3n) is 5.31. The summed E-state index contributed by atoms with van der Waals surface area (Å²) in [6.07, 6.45) is -3.36. The Kier molecular flexibility index (Phi) is 5.24. The predicted octanol–water partition coefficient (Wildman–Crippen LogP) is 5.86. The summed E-state index contributed by atoms with van der Waals surface area (Å²) < 4.78 is 46.4. The fourth-order valence-corrected chi connectivity index (χ4v) is 3.89. The molecule has 1 aliphatic carbocycles. The number of carbonyl (C=O) groups excluding carboxylic acids is 1. The Morgan fingerprint density at radius 2 is 1.50 bits per heavy atom. The maximum absolute atomic E-state index is 13.3. The van der Waals surface area contributed by atoms with E-state index in [-0.39, 0.29) is 17.5 Å². The molecule has 1 aliphatic rings. The molecule has 0 N–H and O–H groups in total. The van der Waals surface area contributed by atoms with Crippen molar-refractivity contribution in [2.45, 2.75) is 19.2 Å². The van der Waals surface area contributed by atoms with Crippen LogP contribution in [0.3, 0.4) is 0 Å². The molecule has 0 saturated heterocycles. The number of carbonyl (C=O) groups is 1. The number of methoxy groups -OCH3 is 1. The summed E-state index contributed by atoms with van der Waals surface area (Å²) in [6, 6.07) is 18.8. The normalized spacial score (nSPS) is 13.7. The minimum absolute atomic E-state index is 0.00178. The Bertz CT molecular complexity index is 1050. The van der Waals surface area contributed by atoms with Crippen LogP contribution in [0.15, 0.2) is 66.7 Å². The standard InChI is InChI=1S/C24H19F3O3/c1-29-22-11-8-18(15-6-9-20(10-7-15)30-24(25,26)27)14-21(22)23(28)19-12-16-4-2-3-5-17(16)13-19/h2-11,14,19H,12-13H2,1H3. The molecule has 3 aromatic carbocycles. The minimum atomic E-state index is -4.74. The van der Waals surface area contributed by atoms with Gasteiger partial charge in [0.1, 0.15) is 11.5 Å². The van der Waals surface area contributed by atoms with Crippen molar-refractivity contribution in [1.82, 2.24) is 0 Å². The molecule has 154 valence electrons. The lowest BCUT2D eigenvalue weighted by Gasteiger charge is -2.14. The minimum Gasteiger partial charge on any atom is -0.496 e. The monoisotopic (exact) mass is 412 g/mol. The Labute approximate surface area is 172 Å². The highest BCUT2D eigenvalue weighted by Gasteiger charge is 2.31. The highest BCUT2D eigenvalue weighted by Crippen LogP contribution is 2.34. The Morgan fingerprint density at radius 3 is 2.07 bits per heavy atom. The zero-order valence-electron chi connectivity index (χ0n) is 16.2. The van der Waals surface area contributed by atoms with Crippen molar-refractivity contribution in [3.63, 3.8) is 0 Å². The van der Waals surface area contributed by atoms with Crippen LogP contribution in [0.25, 0.3) is 11.1 Å². The molecule has 30 heavy (non-hydrogen) atoms. The number of ether oxygens (including phenoxy) is 2. The van der Waals surface area contributed by atoms with E-state index in [4.69, 9.17) is 4.74 Å². The molecule has 6 heteroatoms. The van der Waals surface area contributed by atoms with Crippen LogP contribution in [0.1, 0.15) is 21.5 Å². The van der Waals surface area contributed by atoms with Crippen molar-refractivity contribution in [3.05, 3.63) is 83.4 Å².